The quantitative estimate of drug-likeness (QED) is 0.547. The Hall–Kier alpha value is -1.70. The van der Waals surface area contributed by atoms with Gasteiger partial charge in [0.25, 0.3) is 5.91 Å². The summed E-state index contributed by atoms with van der Waals surface area (Å²) in [6.07, 6.45) is 0. The van der Waals surface area contributed by atoms with E-state index >= 15 is 0 Å². The number of nitrogens with one attached hydrogen (secondary N) is 1. The van der Waals surface area contributed by atoms with Crippen molar-refractivity contribution in [3.8, 4) is 0 Å². The molecule has 3 aromatic rings. The lowest BCUT2D eigenvalue weighted by Crippen LogP contribution is -2.10. The molecule has 0 bridgehead atoms. The SMILES string of the molecule is Cc1ccccc1CSc1nnc(NC(=O)c2ccsc2)s1. The highest BCUT2D eigenvalue weighted by atomic mass is 32.2. The van der Waals surface area contributed by atoms with Crippen molar-refractivity contribution in [1.82, 2.24) is 10.2 Å². The zero-order valence-electron chi connectivity index (χ0n) is 11.8. The number of anilines is 1. The number of carbonyl (C=O) groups is 1. The number of rotatable bonds is 5. The van der Waals surface area contributed by atoms with E-state index < -0.39 is 0 Å². The minimum Gasteiger partial charge on any atom is -0.296 e. The standard InChI is InChI=1S/C15H13N3OS3/c1-10-4-2-3-5-11(10)9-21-15-18-17-14(22-15)16-13(19)12-6-7-20-8-12/h2-8H,9H2,1H3,(H,16,17,19). The van der Waals surface area contributed by atoms with Gasteiger partial charge in [0.1, 0.15) is 0 Å². The molecule has 0 atom stereocenters. The molecule has 0 radical (unpaired) electrons. The normalized spacial score (nSPS) is 10.6. The Bertz CT molecular complexity index is 768. The van der Waals surface area contributed by atoms with E-state index in [1.165, 1.54) is 33.8 Å². The Labute approximate surface area is 140 Å². The molecular weight excluding hydrogens is 334 g/mol. The van der Waals surface area contributed by atoms with Crippen molar-refractivity contribution in [2.45, 2.75) is 17.0 Å². The largest absolute Gasteiger partial charge is 0.296 e. The maximum atomic E-state index is 11.9. The van der Waals surface area contributed by atoms with Gasteiger partial charge in [0, 0.05) is 11.1 Å². The summed E-state index contributed by atoms with van der Waals surface area (Å²) in [6, 6.07) is 10.1. The van der Waals surface area contributed by atoms with Crippen LogP contribution in [-0.2, 0) is 5.75 Å². The summed E-state index contributed by atoms with van der Waals surface area (Å²) in [5.41, 5.74) is 3.20. The second-order valence-electron chi connectivity index (χ2n) is 4.55. The molecule has 0 aliphatic carbocycles. The third-order valence-corrected chi connectivity index (χ3v) is 5.73. The van der Waals surface area contributed by atoms with E-state index in [0.29, 0.717) is 10.7 Å². The molecular formula is C15H13N3OS3. The smallest absolute Gasteiger partial charge is 0.258 e. The molecule has 4 nitrogen and oxygen atoms in total. The summed E-state index contributed by atoms with van der Waals surface area (Å²) in [7, 11) is 0. The molecule has 22 heavy (non-hydrogen) atoms. The predicted octanol–water partition coefficient (Wildman–Crippen LogP) is 4.45. The van der Waals surface area contributed by atoms with E-state index in [0.717, 1.165) is 10.1 Å². The van der Waals surface area contributed by atoms with Crippen LogP contribution in [0.1, 0.15) is 21.5 Å². The number of thiophene rings is 1. The molecule has 0 saturated carbocycles. The molecule has 0 saturated heterocycles. The van der Waals surface area contributed by atoms with Gasteiger partial charge < -0.3 is 0 Å². The lowest BCUT2D eigenvalue weighted by atomic mass is 10.1. The second-order valence-corrected chi connectivity index (χ2v) is 7.53. The monoisotopic (exact) mass is 347 g/mol. The fourth-order valence-corrected chi connectivity index (χ4v) is 4.25. The summed E-state index contributed by atoms with van der Waals surface area (Å²) >= 11 is 4.52. The molecule has 0 aliphatic heterocycles. The number of hydrogen-bond donors (Lipinski definition) is 1. The molecule has 0 spiro atoms. The van der Waals surface area contributed by atoms with Gasteiger partial charge in [-0.1, -0.05) is 47.4 Å². The Morgan fingerprint density at radius 1 is 1.27 bits per heavy atom. The molecule has 7 heteroatoms. The Morgan fingerprint density at radius 3 is 2.91 bits per heavy atom. The summed E-state index contributed by atoms with van der Waals surface area (Å²) < 4.78 is 0.851. The van der Waals surface area contributed by atoms with Crippen LogP contribution in [-0.4, -0.2) is 16.1 Å². The molecule has 3 rings (SSSR count). The number of nitrogens with zero attached hydrogens (tertiary/aromatic N) is 2. The molecule has 1 amide bonds. The molecule has 0 unspecified atom stereocenters. The lowest BCUT2D eigenvalue weighted by molar-refractivity contribution is 0.102. The van der Waals surface area contributed by atoms with Gasteiger partial charge in [0.05, 0.1) is 5.56 Å². The van der Waals surface area contributed by atoms with Gasteiger partial charge in [-0.3, -0.25) is 10.1 Å². The molecule has 0 aliphatic rings. The summed E-state index contributed by atoms with van der Waals surface area (Å²) in [5, 5.41) is 15.1. The van der Waals surface area contributed by atoms with Crippen LogP contribution >= 0.6 is 34.4 Å². The van der Waals surface area contributed by atoms with E-state index in [1.807, 2.05) is 22.9 Å². The highest BCUT2D eigenvalue weighted by Crippen LogP contribution is 2.29. The zero-order valence-corrected chi connectivity index (χ0v) is 14.2. The number of thioether (sulfide) groups is 1. The molecule has 2 aromatic heterocycles. The van der Waals surface area contributed by atoms with Crippen molar-refractivity contribution in [2.24, 2.45) is 0 Å². The summed E-state index contributed by atoms with van der Waals surface area (Å²) in [6.45, 7) is 2.10. The van der Waals surface area contributed by atoms with Crippen molar-refractivity contribution in [1.29, 1.82) is 0 Å². The highest BCUT2D eigenvalue weighted by molar-refractivity contribution is 8.00. The van der Waals surface area contributed by atoms with Crippen LogP contribution in [0.4, 0.5) is 5.13 Å². The summed E-state index contributed by atoms with van der Waals surface area (Å²) in [5.74, 6) is 0.702. The number of aromatic nitrogens is 2. The molecule has 0 fully saturated rings. The molecule has 1 N–H and O–H groups in total. The molecule has 112 valence electrons. The Balaban J connectivity index is 1.60. The first-order chi connectivity index (χ1) is 10.7. The van der Waals surface area contributed by atoms with Crippen LogP contribution in [0.25, 0.3) is 0 Å². The molecule has 2 heterocycles. The van der Waals surface area contributed by atoms with E-state index in [-0.39, 0.29) is 5.91 Å². The van der Waals surface area contributed by atoms with Crippen LogP contribution in [0.5, 0.6) is 0 Å². The number of benzene rings is 1. The van der Waals surface area contributed by atoms with Crippen LogP contribution in [0.2, 0.25) is 0 Å². The minimum atomic E-state index is -0.146. The number of amides is 1. The average molecular weight is 347 g/mol. The fourth-order valence-electron chi connectivity index (χ4n) is 1.79. The van der Waals surface area contributed by atoms with Gasteiger partial charge in [-0.2, -0.15) is 11.3 Å². The van der Waals surface area contributed by atoms with Crippen molar-refractivity contribution in [3.05, 3.63) is 57.8 Å². The maximum Gasteiger partial charge on any atom is 0.258 e. The topological polar surface area (TPSA) is 54.9 Å². The van der Waals surface area contributed by atoms with E-state index in [2.05, 4.69) is 34.6 Å². The number of carbonyl (C=O) groups excluding carboxylic acids is 1. The first-order valence-electron chi connectivity index (χ1n) is 6.57. The van der Waals surface area contributed by atoms with Crippen LogP contribution in [0.3, 0.4) is 0 Å². The van der Waals surface area contributed by atoms with Gasteiger partial charge in [0.2, 0.25) is 5.13 Å². The first-order valence-corrected chi connectivity index (χ1v) is 9.31. The van der Waals surface area contributed by atoms with E-state index in [1.54, 1.807) is 17.8 Å². The van der Waals surface area contributed by atoms with Crippen LogP contribution in [0, 0.1) is 6.92 Å². The van der Waals surface area contributed by atoms with Crippen molar-refractivity contribution in [3.63, 3.8) is 0 Å². The third-order valence-electron chi connectivity index (χ3n) is 3.02. The third kappa shape index (κ3) is 3.73. The van der Waals surface area contributed by atoms with E-state index in [9.17, 15) is 4.79 Å². The van der Waals surface area contributed by atoms with Gasteiger partial charge in [-0.15, -0.1) is 10.2 Å². The second kappa shape index (κ2) is 7.04. The number of aryl methyl sites for hydroxylation is 1. The fraction of sp³-hybridized carbons (Fsp3) is 0.133. The predicted molar refractivity (Wildman–Crippen MR) is 92.9 cm³/mol. The van der Waals surface area contributed by atoms with E-state index in [4.69, 9.17) is 0 Å². The van der Waals surface area contributed by atoms with Crippen LogP contribution < -0.4 is 5.32 Å². The van der Waals surface area contributed by atoms with Crippen LogP contribution in [0.15, 0.2) is 45.4 Å². The Kier molecular flexibility index (Phi) is 4.87. The van der Waals surface area contributed by atoms with Crippen molar-refractivity contribution >= 4 is 45.5 Å². The number of hydrogen-bond acceptors (Lipinski definition) is 6. The van der Waals surface area contributed by atoms with Gasteiger partial charge in [0.15, 0.2) is 4.34 Å². The van der Waals surface area contributed by atoms with Gasteiger partial charge in [-0.25, -0.2) is 0 Å². The van der Waals surface area contributed by atoms with Crippen molar-refractivity contribution < 1.29 is 4.79 Å². The highest BCUT2D eigenvalue weighted by Gasteiger charge is 2.11. The summed E-state index contributed by atoms with van der Waals surface area (Å²) in [4.78, 5) is 11.9. The average Bonchev–Trinajstić information content (AvgIpc) is 3.18. The Morgan fingerprint density at radius 2 is 2.14 bits per heavy atom. The first kappa shape index (κ1) is 15.2. The van der Waals surface area contributed by atoms with Gasteiger partial charge >= 0.3 is 0 Å². The lowest BCUT2D eigenvalue weighted by Gasteiger charge is -2.02. The van der Waals surface area contributed by atoms with Crippen molar-refractivity contribution in [2.75, 3.05) is 5.32 Å². The molecule has 1 aromatic carbocycles. The maximum absolute atomic E-state index is 11.9. The minimum absolute atomic E-state index is 0.146. The zero-order chi connectivity index (χ0) is 15.4. The van der Waals surface area contributed by atoms with Gasteiger partial charge in [-0.05, 0) is 29.5 Å².